The van der Waals surface area contributed by atoms with Crippen LogP contribution in [0.4, 0.5) is 0 Å². The number of amides is 4. The molecule has 0 spiro atoms. The van der Waals surface area contributed by atoms with Crippen LogP contribution < -0.4 is 22.1 Å². The number of likely N-dealkylation sites (tertiary alicyclic amines) is 1. The van der Waals surface area contributed by atoms with E-state index in [4.69, 9.17) is 11.5 Å². The number of carbonyl (C=O) groups is 5. The lowest BCUT2D eigenvalue weighted by atomic mass is 10.1. The van der Waals surface area contributed by atoms with Gasteiger partial charge in [-0.2, -0.15) is 11.8 Å². The van der Waals surface area contributed by atoms with Gasteiger partial charge in [-0.1, -0.05) is 0 Å². The minimum atomic E-state index is -1.52. The molecule has 5 atom stereocenters. The first kappa shape index (κ1) is 26.7. The summed E-state index contributed by atoms with van der Waals surface area (Å²) >= 11 is 1.42. The zero-order valence-electron chi connectivity index (χ0n) is 17.6. The van der Waals surface area contributed by atoms with E-state index in [1.807, 2.05) is 0 Å². The molecule has 31 heavy (non-hydrogen) atoms. The Balaban J connectivity index is 2.91. The number of primary amides is 1. The number of carbonyl (C=O) groups excluding carboxylic acids is 4. The van der Waals surface area contributed by atoms with Crippen molar-refractivity contribution in [3.05, 3.63) is 0 Å². The highest BCUT2D eigenvalue weighted by molar-refractivity contribution is 7.98. The number of carboxylic acids is 1. The highest BCUT2D eigenvalue weighted by Gasteiger charge is 2.38. The Morgan fingerprint density at radius 3 is 2.35 bits per heavy atom. The first-order valence-electron chi connectivity index (χ1n) is 9.84. The van der Waals surface area contributed by atoms with E-state index >= 15 is 0 Å². The third-order valence-electron chi connectivity index (χ3n) is 4.91. The number of aliphatic hydroxyl groups is 1. The number of aliphatic carboxylic acids is 1. The lowest BCUT2D eigenvalue weighted by molar-refractivity contribution is -0.144. The Hall–Kier alpha value is -2.38. The summed E-state index contributed by atoms with van der Waals surface area (Å²) in [7, 11) is 0. The van der Waals surface area contributed by atoms with E-state index in [0.29, 0.717) is 25.1 Å². The van der Waals surface area contributed by atoms with Crippen LogP contribution in [0.15, 0.2) is 0 Å². The molecular weight excluding hydrogens is 430 g/mol. The van der Waals surface area contributed by atoms with Crippen molar-refractivity contribution in [3.8, 4) is 0 Å². The second-order valence-electron chi connectivity index (χ2n) is 7.37. The molecule has 5 unspecified atom stereocenters. The summed E-state index contributed by atoms with van der Waals surface area (Å²) in [4.78, 5) is 61.6. The summed E-state index contributed by atoms with van der Waals surface area (Å²) in [6.45, 7) is 1.67. The van der Waals surface area contributed by atoms with Crippen LogP contribution in [0.1, 0.15) is 32.6 Å². The zero-order valence-corrected chi connectivity index (χ0v) is 18.4. The Morgan fingerprint density at radius 1 is 1.19 bits per heavy atom. The lowest BCUT2D eigenvalue weighted by Crippen LogP contribution is -2.58. The zero-order chi connectivity index (χ0) is 23.7. The summed E-state index contributed by atoms with van der Waals surface area (Å²) in [6.07, 6.45) is 1.24. The van der Waals surface area contributed by atoms with Crippen LogP contribution in [-0.2, 0) is 24.0 Å². The van der Waals surface area contributed by atoms with Gasteiger partial charge in [0.2, 0.25) is 23.6 Å². The Labute approximate surface area is 184 Å². The fourth-order valence-electron chi connectivity index (χ4n) is 3.15. The van der Waals surface area contributed by atoms with Crippen LogP contribution in [0.2, 0.25) is 0 Å². The second-order valence-corrected chi connectivity index (χ2v) is 8.35. The molecule has 176 valence electrons. The molecule has 8 N–H and O–H groups in total. The average Bonchev–Trinajstić information content (AvgIpc) is 3.18. The number of rotatable bonds is 12. The molecule has 1 aliphatic heterocycles. The van der Waals surface area contributed by atoms with E-state index in [9.17, 15) is 34.2 Å². The van der Waals surface area contributed by atoms with Crippen LogP contribution in [0.25, 0.3) is 0 Å². The number of nitrogens with two attached hydrogens (primary N) is 2. The van der Waals surface area contributed by atoms with E-state index in [2.05, 4.69) is 10.6 Å². The summed E-state index contributed by atoms with van der Waals surface area (Å²) < 4.78 is 0. The molecule has 0 aromatic carbocycles. The van der Waals surface area contributed by atoms with E-state index in [1.54, 1.807) is 6.26 Å². The van der Waals surface area contributed by atoms with Gasteiger partial charge in [0.1, 0.15) is 24.2 Å². The largest absolute Gasteiger partial charge is 0.480 e. The molecule has 13 heteroatoms. The molecule has 1 saturated heterocycles. The van der Waals surface area contributed by atoms with Crippen LogP contribution in [0.5, 0.6) is 0 Å². The van der Waals surface area contributed by atoms with Gasteiger partial charge in [-0.15, -0.1) is 0 Å². The standard InChI is InChI=1S/C18H31N5O7S/c1-9(24)14(20)17(28)23-6-3-4-12(23)16(27)21-10(5-7-31-2)15(26)22-11(18(29)30)8-13(19)25/h9-12,14,24H,3-8,20H2,1-2H3,(H2,19,25)(H,21,27)(H,22,26)(H,29,30). The fraction of sp³-hybridized carbons (Fsp3) is 0.722. The van der Waals surface area contributed by atoms with Gasteiger partial charge in [0.05, 0.1) is 12.5 Å². The number of nitrogens with zero attached hydrogens (tertiary/aromatic N) is 1. The minimum absolute atomic E-state index is 0.204. The molecule has 0 aliphatic carbocycles. The number of thioether (sulfide) groups is 1. The maximum atomic E-state index is 12.8. The van der Waals surface area contributed by atoms with Crippen molar-refractivity contribution in [3.63, 3.8) is 0 Å². The van der Waals surface area contributed by atoms with Crippen molar-refractivity contribution in [2.75, 3.05) is 18.6 Å². The number of hydrogen-bond acceptors (Lipinski definition) is 8. The highest BCUT2D eigenvalue weighted by Crippen LogP contribution is 2.19. The predicted molar refractivity (Wildman–Crippen MR) is 113 cm³/mol. The van der Waals surface area contributed by atoms with Crippen LogP contribution in [-0.4, -0.2) is 93.5 Å². The van der Waals surface area contributed by atoms with Gasteiger partial charge in [0.15, 0.2) is 0 Å². The van der Waals surface area contributed by atoms with Crippen molar-refractivity contribution in [1.82, 2.24) is 15.5 Å². The topological polar surface area (TPSA) is 205 Å². The van der Waals surface area contributed by atoms with Crippen molar-refractivity contribution in [1.29, 1.82) is 0 Å². The molecular formula is C18H31N5O7S. The second kappa shape index (κ2) is 12.5. The predicted octanol–water partition coefficient (Wildman–Crippen LogP) is -2.63. The molecule has 12 nitrogen and oxygen atoms in total. The van der Waals surface area contributed by atoms with Gasteiger partial charge >= 0.3 is 5.97 Å². The summed E-state index contributed by atoms with van der Waals surface area (Å²) in [5.74, 6) is -3.75. The first-order valence-corrected chi connectivity index (χ1v) is 11.2. The first-order chi connectivity index (χ1) is 14.5. The van der Waals surface area contributed by atoms with Crippen LogP contribution in [0.3, 0.4) is 0 Å². The van der Waals surface area contributed by atoms with Crippen LogP contribution >= 0.6 is 11.8 Å². The molecule has 0 saturated carbocycles. The number of nitrogens with one attached hydrogen (secondary N) is 2. The SMILES string of the molecule is CSCCC(NC(=O)C1CCCN1C(=O)C(N)C(C)O)C(=O)NC(CC(N)=O)C(=O)O. The van der Waals surface area contributed by atoms with Crippen molar-refractivity contribution in [2.24, 2.45) is 11.5 Å². The molecule has 1 heterocycles. The third kappa shape index (κ3) is 7.99. The van der Waals surface area contributed by atoms with E-state index in [-0.39, 0.29) is 6.42 Å². The molecule has 1 fully saturated rings. The molecule has 0 aromatic heterocycles. The fourth-order valence-corrected chi connectivity index (χ4v) is 3.62. The normalized spacial score (nSPS) is 19.7. The van der Waals surface area contributed by atoms with E-state index in [1.165, 1.54) is 23.6 Å². The van der Waals surface area contributed by atoms with Gasteiger partial charge in [0, 0.05) is 6.54 Å². The quantitative estimate of drug-likeness (QED) is 0.179. The molecule has 4 amide bonds. The molecule has 1 rings (SSSR count). The molecule has 0 aromatic rings. The summed E-state index contributed by atoms with van der Waals surface area (Å²) in [5.41, 5.74) is 10.7. The Kier molecular flexibility index (Phi) is 10.7. The molecule has 1 aliphatic rings. The Morgan fingerprint density at radius 2 is 1.84 bits per heavy atom. The van der Waals surface area contributed by atoms with Crippen molar-refractivity contribution < 1.29 is 34.2 Å². The monoisotopic (exact) mass is 461 g/mol. The van der Waals surface area contributed by atoms with Crippen molar-refractivity contribution >= 4 is 41.4 Å². The average molecular weight is 462 g/mol. The van der Waals surface area contributed by atoms with E-state index in [0.717, 1.165) is 0 Å². The van der Waals surface area contributed by atoms with Crippen LogP contribution in [0, 0.1) is 0 Å². The van der Waals surface area contributed by atoms with Crippen molar-refractivity contribution in [2.45, 2.75) is 62.9 Å². The maximum Gasteiger partial charge on any atom is 0.326 e. The minimum Gasteiger partial charge on any atom is -0.480 e. The smallest absolute Gasteiger partial charge is 0.326 e. The Bertz CT molecular complexity index is 690. The highest BCUT2D eigenvalue weighted by atomic mass is 32.2. The van der Waals surface area contributed by atoms with Gasteiger partial charge in [0.25, 0.3) is 0 Å². The van der Waals surface area contributed by atoms with Gasteiger partial charge < -0.3 is 37.2 Å². The molecule has 0 bridgehead atoms. The van der Waals surface area contributed by atoms with Gasteiger partial charge in [-0.25, -0.2) is 4.79 Å². The van der Waals surface area contributed by atoms with Gasteiger partial charge in [-0.05, 0) is 38.2 Å². The lowest BCUT2D eigenvalue weighted by Gasteiger charge is -2.29. The number of hydrogen-bond donors (Lipinski definition) is 6. The van der Waals surface area contributed by atoms with E-state index < -0.39 is 66.3 Å². The maximum absolute atomic E-state index is 12.8. The number of carboxylic acid groups (broad SMARTS) is 1. The molecule has 0 radical (unpaired) electrons. The summed E-state index contributed by atoms with van der Waals surface area (Å²) in [5, 5.41) is 23.6. The van der Waals surface area contributed by atoms with Gasteiger partial charge in [-0.3, -0.25) is 19.2 Å². The third-order valence-corrected chi connectivity index (χ3v) is 5.55. The summed E-state index contributed by atoms with van der Waals surface area (Å²) in [6, 6.07) is -4.62. The number of aliphatic hydroxyl groups excluding tert-OH is 1.